The predicted octanol–water partition coefficient (Wildman–Crippen LogP) is 2.95. The van der Waals surface area contributed by atoms with E-state index in [1.54, 1.807) is 11.3 Å². The zero-order valence-corrected chi connectivity index (χ0v) is 13.7. The highest BCUT2D eigenvalue weighted by atomic mass is 35.5. The van der Waals surface area contributed by atoms with E-state index in [0.29, 0.717) is 0 Å². The molecule has 0 unspecified atom stereocenters. The first-order valence-corrected chi connectivity index (χ1v) is 8.18. The molecule has 0 saturated carbocycles. The lowest BCUT2D eigenvalue weighted by molar-refractivity contribution is -0.00305. The van der Waals surface area contributed by atoms with Gasteiger partial charge in [0.1, 0.15) is 0 Å². The minimum absolute atomic E-state index is 0. The molecule has 1 aromatic heterocycles. The fraction of sp³-hybridized carbons (Fsp3) is 0.500. The summed E-state index contributed by atoms with van der Waals surface area (Å²) in [6, 6.07) is 6.65. The SMILES string of the molecule is Cl.OC1CN(CCCOCCc2ccc3cscc3c2)C1. The van der Waals surface area contributed by atoms with Crippen LogP contribution in [0.2, 0.25) is 0 Å². The zero-order chi connectivity index (χ0) is 13.8. The lowest BCUT2D eigenvalue weighted by Gasteiger charge is -2.35. The Morgan fingerprint density at radius 1 is 1.19 bits per heavy atom. The largest absolute Gasteiger partial charge is 0.390 e. The van der Waals surface area contributed by atoms with Crippen molar-refractivity contribution in [3.63, 3.8) is 0 Å². The van der Waals surface area contributed by atoms with Crippen LogP contribution in [0.5, 0.6) is 0 Å². The van der Waals surface area contributed by atoms with E-state index in [9.17, 15) is 5.11 Å². The highest BCUT2D eigenvalue weighted by molar-refractivity contribution is 7.09. The van der Waals surface area contributed by atoms with Crippen LogP contribution in [-0.2, 0) is 11.2 Å². The number of thiophene rings is 1. The Morgan fingerprint density at radius 3 is 2.81 bits per heavy atom. The predicted molar refractivity (Wildman–Crippen MR) is 90.7 cm³/mol. The Labute approximate surface area is 135 Å². The minimum atomic E-state index is -0.0945. The lowest BCUT2D eigenvalue weighted by Crippen LogP contribution is -2.50. The summed E-state index contributed by atoms with van der Waals surface area (Å²) in [7, 11) is 0. The van der Waals surface area contributed by atoms with Crippen molar-refractivity contribution >= 4 is 34.5 Å². The number of hydrogen-bond acceptors (Lipinski definition) is 4. The van der Waals surface area contributed by atoms with Crippen LogP contribution in [-0.4, -0.2) is 49.0 Å². The third-order valence-corrected chi connectivity index (χ3v) is 4.56. The van der Waals surface area contributed by atoms with Gasteiger partial charge in [0, 0.05) is 26.2 Å². The van der Waals surface area contributed by atoms with Gasteiger partial charge in [0.05, 0.1) is 12.7 Å². The van der Waals surface area contributed by atoms with E-state index in [1.165, 1.54) is 16.3 Å². The third kappa shape index (κ3) is 4.66. The Bertz CT molecular complexity index is 554. The second-order valence-electron chi connectivity index (χ2n) is 5.46. The van der Waals surface area contributed by atoms with E-state index < -0.39 is 0 Å². The molecule has 3 rings (SSSR count). The summed E-state index contributed by atoms with van der Waals surface area (Å²) < 4.78 is 5.69. The average molecular weight is 328 g/mol. The third-order valence-electron chi connectivity index (χ3n) is 3.78. The highest BCUT2D eigenvalue weighted by Crippen LogP contribution is 2.20. The number of nitrogens with zero attached hydrogens (tertiary/aromatic N) is 1. The molecule has 0 bridgehead atoms. The molecule has 2 heterocycles. The van der Waals surface area contributed by atoms with Crippen molar-refractivity contribution in [3.05, 3.63) is 34.5 Å². The molecular weight excluding hydrogens is 306 g/mol. The van der Waals surface area contributed by atoms with Gasteiger partial charge in [-0.25, -0.2) is 0 Å². The average Bonchev–Trinajstić information content (AvgIpc) is 2.87. The number of aliphatic hydroxyl groups excluding tert-OH is 1. The molecule has 5 heteroatoms. The van der Waals surface area contributed by atoms with Gasteiger partial charge in [-0.3, -0.25) is 4.90 Å². The highest BCUT2D eigenvalue weighted by Gasteiger charge is 2.22. The Balaban J connectivity index is 0.00000161. The molecule has 3 nitrogen and oxygen atoms in total. The summed E-state index contributed by atoms with van der Waals surface area (Å²) in [5, 5.41) is 16.2. The van der Waals surface area contributed by atoms with E-state index >= 15 is 0 Å². The minimum Gasteiger partial charge on any atom is -0.390 e. The Kier molecular flexibility index (Phi) is 6.45. The number of likely N-dealkylation sites (tertiary alicyclic amines) is 1. The van der Waals surface area contributed by atoms with Crippen molar-refractivity contribution in [2.45, 2.75) is 18.9 Å². The monoisotopic (exact) mass is 327 g/mol. The van der Waals surface area contributed by atoms with E-state index in [0.717, 1.165) is 45.7 Å². The van der Waals surface area contributed by atoms with Gasteiger partial charge in [0.25, 0.3) is 0 Å². The number of hydrogen-bond donors (Lipinski definition) is 1. The standard InChI is InChI=1S/C16H21NO2S.ClH/c18-16-9-17(10-16)5-1-6-19-7-4-13-2-3-14-11-20-12-15(14)8-13;/h2-3,8,11-12,16,18H,1,4-7,9-10H2;1H. The molecular formula is C16H22ClNO2S. The van der Waals surface area contributed by atoms with Gasteiger partial charge in [0.2, 0.25) is 0 Å². The molecule has 0 aliphatic carbocycles. The summed E-state index contributed by atoms with van der Waals surface area (Å²) in [5.41, 5.74) is 1.35. The molecule has 21 heavy (non-hydrogen) atoms. The fourth-order valence-electron chi connectivity index (χ4n) is 2.58. The van der Waals surface area contributed by atoms with Gasteiger partial charge in [0.15, 0.2) is 0 Å². The van der Waals surface area contributed by atoms with Crippen molar-refractivity contribution < 1.29 is 9.84 Å². The van der Waals surface area contributed by atoms with Gasteiger partial charge in [-0.05, 0) is 39.9 Å². The number of aliphatic hydroxyl groups is 1. The summed E-state index contributed by atoms with van der Waals surface area (Å²) >= 11 is 1.75. The summed E-state index contributed by atoms with van der Waals surface area (Å²) in [6.45, 7) is 4.31. The first-order valence-electron chi connectivity index (χ1n) is 7.24. The normalized spacial score (nSPS) is 15.9. The number of halogens is 1. The van der Waals surface area contributed by atoms with Crippen molar-refractivity contribution in [1.29, 1.82) is 0 Å². The number of fused-ring (bicyclic) bond motifs is 1. The fourth-order valence-corrected chi connectivity index (χ4v) is 3.36. The van der Waals surface area contributed by atoms with Crippen molar-refractivity contribution in [2.24, 2.45) is 0 Å². The van der Waals surface area contributed by atoms with Crippen LogP contribution in [0, 0.1) is 0 Å². The van der Waals surface area contributed by atoms with E-state index in [-0.39, 0.29) is 18.5 Å². The number of benzene rings is 1. The summed E-state index contributed by atoms with van der Waals surface area (Å²) in [4.78, 5) is 2.26. The van der Waals surface area contributed by atoms with Crippen molar-refractivity contribution in [1.82, 2.24) is 4.90 Å². The number of ether oxygens (including phenoxy) is 1. The van der Waals surface area contributed by atoms with Crippen LogP contribution in [0.15, 0.2) is 29.0 Å². The van der Waals surface area contributed by atoms with Crippen LogP contribution >= 0.6 is 23.7 Å². The van der Waals surface area contributed by atoms with E-state index in [2.05, 4.69) is 33.9 Å². The molecule has 1 fully saturated rings. The molecule has 1 N–H and O–H groups in total. The molecule has 116 valence electrons. The Morgan fingerprint density at radius 2 is 2.00 bits per heavy atom. The molecule has 0 radical (unpaired) electrons. The van der Waals surface area contributed by atoms with Crippen molar-refractivity contribution in [2.75, 3.05) is 32.8 Å². The van der Waals surface area contributed by atoms with Crippen molar-refractivity contribution in [3.8, 4) is 0 Å². The van der Waals surface area contributed by atoms with E-state index in [4.69, 9.17) is 4.74 Å². The molecule has 0 atom stereocenters. The number of β-amino-alcohol motifs (C(OH)–C–C–N with tert-alkyl or cyclic N) is 1. The second-order valence-corrected chi connectivity index (χ2v) is 6.21. The van der Waals surface area contributed by atoms with Crippen LogP contribution in [0.4, 0.5) is 0 Å². The van der Waals surface area contributed by atoms with Gasteiger partial charge in [-0.15, -0.1) is 12.4 Å². The maximum atomic E-state index is 9.17. The van der Waals surface area contributed by atoms with Crippen LogP contribution < -0.4 is 0 Å². The first-order chi connectivity index (χ1) is 9.81. The van der Waals surface area contributed by atoms with Crippen LogP contribution in [0.1, 0.15) is 12.0 Å². The molecule has 1 aliphatic heterocycles. The first kappa shape index (κ1) is 16.7. The van der Waals surface area contributed by atoms with Crippen LogP contribution in [0.3, 0.4) is 0 Å². The smallest absolute Gasteiger partial charge is 0.0793 e. The molecule has 0 amide bonds. The van der Waals surface area contributed by atoms with E-state index in [1.807, 2.05) is 0 Å². The second kappa shape index (κ2) is 8.11. The molecule has 0 spiro atoms. The zero-order valence-electron chi connectivity index (χ0n) is 12.0. The topological polar surface area (TPSA) is 32.7 Å². The quantitative estimate of drug-likeness (QED) is 0.794. The number of rotatable bonds is 7. The summed E-state index contributed by atoms with van der Waals surface area (Å²) in [6.07, 6.45) is 1.94. The van der Waals surface area contributed by atoms with Gasteiger partial charge >= 0.3 is 0 Å². The maximum Gasteiger partial charge on any atom is 0.0793 e. The van der Waals surface area contributed by atoms with Gasteiger partial charge < -0.3 is 9.84 Å². The molecule has 1 saturated heterocycles. The molecule has 1 aromatic carbocycles. The maximum absolute atomic E-state index is 9.17. The van der Waals surface area contributed by atoms with Crippen LogP contribution in [0.25, 0.3) is 10.8 Å². The molecule has 1 aliphatic rings. The molecule has 2 aromatic rings. The van der Waals surface area contributed by atoms with Gasteiger partial charge in [-0.1, -0.05) is 18.2 Å². The lowest BCUT2D eigenvalue weighted by atomic mass is 10.1. The summed E-state index contributed by atoms with van der Waals surface area (Å²) in [5.74, 6) is 0. The Hall–Kier alpha value is -0.650. The van der Waals surface area contributed by atoms with Gasteiger partial charge in [-0.2, -0.15) is 11.3 Å².